The lowest BCUT2D eigenvalue weighted by Crippen LogP contribution is -2.14. The molecular formula is C20H18F3N3O3. The number of hydrogen-bond acceptors (Lipinski definition) is 5. The fraction of sp³-hybridized carbons (Fsp3) is 0.350. The van der Waals surface area contributed by atoms with Crippen molar-refractivity contribution in [1.82, 2.24) is 14.8 Å². The van der Waals surface area contributed by atoms with Crippen LogP contribution in [0.3, 0.4) is 0 Å². The van der Waals surface area contributed by atoms with Crippen LogP contribution in [0.5, 0.6) is 0 Å². The summed E-state index contributed by atoms with van der Waals surface area (Å²) in [6.07, 6.45) is -0.614. The Balaban J connectivity index is 1.78. The van der Waals surface area contributed by atoms with Crippen molar-refractivity contribution in [3.05, 3.63) is 58.4 Å². The van der Waals surface area contributed by atoms with Gasteiger partial charge in [-0.1, -0.05) is 6.07 Å². The summed E-state index contributed by atoms with van der Waals surface area (Å²) < 4.78 is 53.2. The van der Waals surface area contributed by atoms with Gasteiger partial charge >= 0.3 is 12.1 Å². The third-order valence-electron chi connectivity index (χ3n) is 4.74. The second-order valence-corrected chi connectivity index (χ2v) is 6.83. The van der Waals surface area contributed by atoms with Crippen LogP contribution >= 0.6 is 0 Å². The van der Waals surface area contributed by atoms with Gasteiger partial charge in [0.25, 0.3) is 0 Å². The lowest BCUT2D eigenvalue weighted by Gasteiger charge is -2.12. The normalized spacial score (nSPS) is 13.1. The van der Waals surface area contributed by atoms with Crippen molar-refractivity contribution in [3.8, 4) is 11.3 Å². The molecule has 0 saturated heterocycles. The average Bonchev–Trinajstić information content (AvgIpc) is 3.24. The molecule has 0 unspecified atom stereocenters. The van der Waals surface area contributed by atoms with Gasteiger partial charge in [0.05, 0.1) is 24.4 Å². The van der Waals surface area contributed by atoms with Gasteiger partial charge in [-0.05, 0) is 37.5 Å². The summed E-state index contributed by atoms with van der Waals surface area (Å²) in [5.74, 6) is -1.83. The summed E-state index contributed by atoms with van der Waals surface area (Å²) >= 11 is 0. The fourth-order valence-corrected chi connectivity index (χ4v) is 3.48. The molecule has 0 aliphatic heterocycles. The molecule has 1 aliphatic rings. The van der Waals surface area contributed by atoms with Gasteiger partial charge in [0.1, 0.15) is 11.3 Å². The molecule has 152 valence electrons. The number of halogens is 3. The zero-order chi connectivity index (χ0) is 20.8. The van der Waals surface area contributed by atoms with E-state index in [1.165, 1.54) is 6.92 Å². The van der Waals surface area contributed by atoms with E-state index in [0.717, 1.165) is 11.3 Å². The molecule has 9 heteroatoms. The number of rotatable bonds is 4. The van der Waals surface area contributed by atoms with Gasteiger partial charge < -0.3 is 9.15 Å². The van der Waals surface area contributed by atoms with E-state index in [1.807, 2.05) is 19.1 Å². The van der Waals surface area contributed by atoms with Gasteiger partial charge in [-0.2, -0.15) is 18.3 Å². The second-order valence-electron chi connectivity index (χ2n) is 6.83. The predicted octanol–water partition coefficient (Wildman–Crippen LogP) is 4.19. The molecule has 0 bridgehead atoms. The molecule has 0 radical (unpaired) electrons. The molecular weight excluding hydrogens is 387 g/mol. The van der Waals surface area contributed by atoms with E-state index in [1.54, 1.807) is 17.1 Å². The number of aromatic nitrogens is 3. The zero-order valence-corrected chi connectivity index (χ0v) is 15.8. The van der Waals surface area contributed by atoms with Crippen molar-refractivity contribution < 1.29 is 27.1 Å². The van der Waals surface area contributed by atoms with E-state index in [0.29, 0.717) is 18.5 Å². The Morgan fingerprint density at radius 2 is 2.10 bits per heavy atom. The number of alkyl halides is 3. The summed E-state index contributed by atoms with van der Waals surface area (Å²) in [7, 11) is 0. The van der Waals surface area contributed by atoms with Crippen molar-refractivity contribution in [2.75, 3.05) is 6.61 Å². The fourth-order valence-electron chi connectivity index (χ4n) is 3.48. The maximum atomic E-state index is 13.8. The third kappa shape index (κ3) is 3.52. The first-order valence-electron chi connectivity index (χ1n) is 9.16. The Kier molecular flexibility index (Phi) is 4.68. The lowest BCUT2D eigenvalue weighted by atomic mass is 9.93. The van der Waals surface area contributed by atoms with Crippen LogP contribution in [0.25, 0.3) is 11.3 Å². The maximum Gasteiger partial charge on any atom is 0.421 e. The van der Waals surface area contributed by atoms with Crippen molar-refractivity contribution in [3.63, 3.8) is 0 Å². The Morgan fingerprint density at radius 1 is 1.31 bits per heavy atom. The minimum absolute atomic E-state index is 0.0496. The molecule has 0 saturated carbocycles. The highest BCUT2D eigenvalue weighted by Gasteiger charge is 2.45. The Labute approximate surface area is 164 Å². The minimum Gasteiger partial charge on any atom is -0.460 e. The first kappa shape index (κ1) is 19.2. The highest BCUT2D eigenvalue weighted by molar-refractivity contribution is 5.92. The molecule has 0 fully saturated rings. The maximum absolute atomic E-state index is 13.8. The van der Waals surface area contributed by atoms with Crippen molar-refractivity contribution in [1.29, 1.82) is 0 Å². The molecule has 3 aromatic rings. The van der Waals surface area contributed by atoms with Crippen LogP contribution in [0, 0.1) is 6.92 Å². The summed E-state index contributed by atoms with van der Waals surface area (Å²) in [4.78, 5) is 16.3. The second kappa shape index (κ2) is 7.06. The number of nitrogens with zero attached hydrogens (tertiary/aromatic N) is 3. The van der Waals surface area contributed by atoms with E-state index in [2.05, 4.69) is 10.1 Å². The van der Waals surface area contributed by atoms with Crippen LogP contribution in [-0.4, -0.2) is 27.3 Å². The number of carbonyl (C=O) groups is 1. The van der Waals surface area contributed by atoms with E-state index in [9.17, 15) is 18.0 Å². The van der Waals surface area contributed by atoms with Gasteiger partial charge in [0.15, 0.2) is 0 Å². The predicted molar refractivity (Wildman–Crippen MR) is 96.4 cm³/mol. The van der Waals surface area contributed by atoms with Crippen LogP contribution in [0.2, 0.25) is 0 Å². The van der Waals surface area contributed by atoms with E-state index < -0.39 is 23.5 Å². The lowest BCUT2D eigenvalue weighted by molar-refractivity contribution is -0.138. The highest BCUT2D eigenvalue weighted by Crippen LogP contribution is 2.46. The zero-order valence-electron chi connectivity index (χ0n) is 15.8. The molecule has 29 heavy (non-hydrogen) atoms. The molecule has 0 N–H and O–H groups in total. The summed E-state index contributed by atoms with van der Waals surface area (Å²) in [6.45, 7) is 3.72. The van der Waals surface area contributed by atoms with Gasteiger partial charge in [-0.25, -0.2) is 4.79 Å². The average molecular weight is 405 g/mol. The van der Waals surface area contributed by atoms with Gasteiger partial charge in [-0.15, -0.1) is 0 Å². The van der Waals surface area contributed by atoms with Gasteiger partial charge in [-0.3, -0.25) is 9.67 Å². The van der Waals surface area contributed by atoms with E-state index in [4.69, 9.17) is 9.15 Å². The largest absolute Gasteiger partial charge is 0.460 e. The summed E-state index contributed by atoms with van der Waals surface area (Å²) in [5.41, 5.74) is 1.35. The number of furan rings is 1. The quantitative estimate of drug-likeness (QED) is 0.609. The first-order chi connectivity index (χ1) is 13.8. The number of ether oxygens (including phenoxy) is 1. The van der Waals surface area contributed by atoms with Crippen LogP contribution in [0.15, 0.2) is 28.9 Å². The summed E-state index contributed by atoms with van der Waals surface area (Å²) in [6, 6.07) is 3.76. The molecule has 6 nitrogen and oxygen atoms in total. The Hall–Kier alpha value is -3.10. The van der Waals surface area contributed by atoms with E-state index >= 15 is 0 Å². The van der Waals surface area contributed by atoms with Gasteiger partial charge in [0, 0.05) is 24.5 Å². The standard InChI is InChI=1S/C20H18F3N3O3/c1-3-28-19(27)18-16(20(21,22)23)15-14(29-18)7-6-13-10-26(25-17(13)15)9-12-5-4-11(2)24-8-12/h4-5,8,10H,3,6-7,9H2,1-2H3. The molecule has 3 aromatic heterocycles. The Morgan fingerprint density at radius 3 is 2.76 bits per heavy atom. The van der Waals surface area contributed by atoms with E-state index in [-0.39, 0.29) is 30.0 Å². The summed E-state index contributed by atoms with van der Waals surface area (Å²) in [5, 5.41) is 4.38. The third-order valence-corrected chi connectivity index (χ3v) is 4.74. The molecule has 0 amide bonds. The number of esters is 1. The minimum atomic E-state index is -4.78. The van der Waals surface area contributed by atoms with Crippen molar-refractivity contribution in [2.45, 2.75) is 39.4 Å². The smallest absolute Gasteiger partial charge is 0.421 e. The number of carbonyl (C=O) groups excluding carboxylic acids is 1. The first-order valence-corrected chi connectivity index (χ1v) is 9.16. The molecule has 1 aliphatic carbocycles. The Bertz CT molecular complexity index is 1070. The van der Waals surface area contributed by atoms with Crippen LogP contribution in [0.4, 0.5) is 13.2 Å². The van der Waals surface area contributed by atoms with Crippen LogP contribution in [0.1, 0.15) is 45.6 Å². The molecule has 3 heterocycles. The monoisotopic (exact) mass is 405 g/mol. The number of pyridine rings is 1. The number of aryl methyl sites for hydroxylation is 3. The number of hydrogen-bond donors (Lipinski definition) is 0. The SMILES string of the molecule is CCOC(=O)c1oc2c(c1C(F)(F)F)-c1nn(Cc3ccc(C)nc3)cc1CC2. The highest BCUT2D eigenvalue weighted by atomic mass is 19.4. The molecule has 4 rings (SSSR count). The molecule has 0 spiro atoms. The molecule has 0 aromatic carbocycles. The van der Waals surface area contributed by atoms with Crippen molar-refractivity contribution >= 4 is 5.97 Å². The molecule has 0 atom stereocenters. The van der Waals surface area contributed by atoms with Crippen LogP contribution in [-0.2, 0) is 30.3 Å². The topological polar surface area (TPSA) is 70.2 Å². The van der Waals surface area contributed by atoms with Crippen molar-refractivity contribution in [2.24, 2.45) is 0 Å². The van der Waals surface area contributed by atoms with Gasteiger partial charge in [0.2, 0.25) is 5.76 Å². The number of fused-ring (bicyclic) bond motifs is 3. The van der Waals surface area contributed by atoms with Crippen LogP contribution < -0.4 is 0 Å².